The number of H-pyrrole nitrogens is 1. The van der Waals surface area contributed by atoms with Crippen LogP contribution in [0.4, 0.5) is 11.4 Å². The van der Waals surface area contributed by atoms with Crippen molar-refractivity contribution < 1.29 is 14.1 Å². The van der Waals surface area contributed by atoms with Crippen LogP contribution in [0.5, 0.6) is 0 Å². The topological polar surface area (TPSA) is 96.3 Å². The average molecular weight is 325 g/mol. The van der Waals surface area contributed by atoms with Crippen LogP contribution in [0.1, 0.15) is 11.1 Å². The van der Waals surface area contributed by atoms with Crippen LogP contribution in [0.3, 0.4) is 0 Å². The standard InChI is InChI=1S/C16H12N4O4/c21-16-10-19(17-24-16)13-5-6-14(15(7-13)20(22)23)18-8-11-3-1-2-4-12(11)9-18/h1-7,10H,8-9H2/p+1. The normalized spacial score (nSPS) is 13.1. The predicted octanol–water partition coefficient (Wildman–Crippen LogP) is 1.67. The first-order chi connectivity index (χ1) is 11.6. The molecule has 8 heteroatoms. The number of benzene rings is 2. The number of nitrogens with one attached hydrogen (secondary N) is 1. The monoisotopic (exact) mass is 325 g/mol. The molecule has 0 radical (unpaired) electrons. The zero-order chi connectivity index (χ0) is 16.7. The summed E-state index contributed by atoms with van der Waals surface area (Å²) < 4.78 is 5.90. The van der Waals surface area contributed by atoms with Crippen molar-refractivity contribution in [3.63, 3.8) is 0 Å². The van der Waals surface area contributed by atoms with Crippen LogP contribution < -0.4 is 15.2 Å². The molecule has 0 spiro atoms. The van der Waals surface area contributed by atoms with Crippen LogP contribution in [0, 0.1) is 10.1 Å². The lowest BCUT2D eigenvalue weighted by Crippen LogP contribution is -2.32. The Kier molecular flexibility index (Phi) is 3.16. The molecule has 0 atom stereocenters. The van der Waals surface area contributed by atoms with Gasteiger partial charge in [0.2, 0.25) is 5.69 Å². The fourth-order valence-electron chi connectivity index (χ4n) is 2.96. The van der Waals surface area contributed by atoms with Gasteiger partial charge in [-0.2, -0.15) is 0 Å². The summed E-state index contributed by atoms with van der Waals surface area (Å²) in [7, 11) is 0. The predicted molar refractivity (Wildman–Crippen MR) is 83.8 cm³/mol. The number of nitrogens with zero attached hydrogens (tertiary/aromatic N) is 3. The fourth-order valence-corrected chi connectivity index (χ4v) is 2.96. The van der Waals surface area contributed by atoms with Crippen molar-refractivity contribution in [1.29, 1.82) is 0 Å². The minimum absolute atomic E-state index is 0.0187. The molecular weight excluding hydrogens is 312 g/mol. The Bertz CT molecular complexity index is 966. The second-order valence-corrected chi connectivity index (χ2v) is 5.57. The molecule has 4 rings (SSSR count). The highest BCUT2D eigenvalue weighted by Gasteiger charge is 2.27. The van der Waals surface area contributed by atoms with E-state index in [0.717, 1.165) is 0 Å². The molecule has 3 aromatic rings. The molecule has 2 heterocycles. The SMILES string of the molecule is O=c1c[n+](-c2ccc(N3Cc4ccccc4C3)c([N+](=O)[O-])c2)[nH]o1. The second kappa shape index (κ2) is 5.34. The molecule has 0 bridgehead atoms. The summed E-state index contributed by atoms with van der Waals surface area (Å²) in [6.07, 6.45) is 1.18. The van der Waals surface area contributed by atoms with Gasteiger partial charge in [-0.3, -0.25) is 14.6 Å². The minimum Gasteiger partial charge on any atom is -0.357 e. The highest BCUT2D eigenvalue weighted by atomic mass is 16.6. The minimum atomic E-state index is -0.559. The lowest BCUT2D eigenvalue weighted by Gasteiger charge is -2.17. The van der Waals surface area contributed by atoms with Gasteiger partial charge in [-0.15, -0.1) is 0 Å². The number of hydrogen-bond donors (Lipinski definition) is 1. The van der Waals surface area contributed by atoms with Crippen molar-refractivity contribution in [2.75, 3.05) is 4.90 Å². The lowest BCUT2D eigenvalue weighted by molar-refractivity contribution is -0.670. The Morgan fingerprint density at radius 3 is 2.46 bits per heavy atom. The molecule has 1 aliphatic heterocycles. The van der Waals surface area contributed by atoms with E-state index < -0.39 is 10.5 Å². The molecule has 0 aliphatic carbocycles. The Labute approximate surface area is 135 Å². The van der Waals surface area contributed by atoms with E-state index in [0.29, 0.717) is 24.5 Å². The number of aromatic amines is 1. The van der Waals surface area contributed by atoms with E-state index in [1.807, 2.05) is 29.2 Å². The Morgan fingerprint density at radius 2 is 1.88 bits per heavy atom. The molecule has 1 N–H and O–H groups in total. The van der Waals surface area contributed by atoms with Gasteiger partial charge in [0.1, 0.15) is 5.69 Å². The summed E-state index contributed by atoms with van der Waals surface area (Å²) in [6, 6.07) is 12.8. The van der Waals surface area contributed by atoms with Crippen LogP contribution in [-0.2, 0) is 13.1 Å². The molecule has 1 aliphatic rings. The third-order valence-corrected chi connectivity index (χ3v) is 4.09. The lowest BCUT2D eigenvalue weighted by atomic mass is 10.1. The average Bonchev–Trinajstić information content (AvgIpc) is 3.20. The van der Waals surface area contributed by atoms with E-state index in [9.17, 15) is 14.9 Å². The van der Waals surface area contributed by atoms with Gasteiger partial charge in [0.25, 0.3) is 11.9 Å². The summed E-state index contributed by atoms with van der Waals surface area (Å²) in [5, 5.41) is 13.9. The van der Waals surface area contributed by atoms with E-state index in [2.05, 4.69) is 9.79 Å². The molecule has 8 nitrogen and oxygen atoms in total. The van der Waals surface area contributed by atoms with Crippen molar-refractivity contribution in [1.82, 2.24) is 5.27 Å². The van der Waals surface area contributed by atoms with Gasteiger partial charge in [0, 0.05) is 19.2 Å². The van der Waals surface area contributed by atoms with E-state index in [1.165, 1.54) is 28.1 Å². The molecule has 120 valence electrons. The number of nitro benzene ring substituents is 1. The summed E-state index contributed by atoms with van der Waals surface area (Å²) in [4.78, 5) is 24.2. The number of rotatable bonds is 3. The summed E-state index contributed by atoms with van der Waals surface area (Å²) in [5.74, 6) is 0. The third-order valence-electron chi connectivity index (χ3n) is 4.09. The van der Waals surface area contributed by atoms with Crippen LogP contribution in [0.25, 0.3) is 5.69 Å². The first-order valence-electron chi connectivity index (χ1n) is 7.32. The fraction of sp³-hybridized carbons (Fsp3) is 0.125. The first-order valence-corrected chi connectivity index (χ1v) is 7.32. The summed E-state index contributed by atoms with van der Waals surface area (Å²) in [6.45, 7) is 1.26. The summed E-state index contributed by atoms with van der Waals surface area (Å²) >= 11 is 0. The molecule has 0 unspecified atom stereocenters. The van der Waals surface area contributed by atoms with Gasteiger partial charge >= 0.3 is 5.63 Å². The molecule has 0 amide bonds. The van der Waals surface area contributed by atoms with Gasteiger partial charge < -0.3 is 4.90 Å². The third kappa shape index (κ3) is 2.34. The van der Waals surface area contributed by atoms with Crippen molar-refractivity contribution in [2.24, 2.45) is 0 Å². The van der Waals surface area contributed by atoms with Crippen LogP contribution in [-0.4, -0.2) is 10.2 Å². The molecule has 0 fully saturated rings. The van der Waals surface area contributed by atoms with Crippen LogP contribution in [0.15, 0.2) is 58.0 Å². The number of nitro groups is 1. The first kappa shape index (κ1) is 14.2. The number of anilines is 1. The van der Waals surface area contributed by atoms with Crippen molar-refractivity contribution in [2.45, 2.75) is 13.1 Å². The Balaban J connectivity index is 1.74. The molecule has 0 saturated heterocycles. The quantitative estimate of drug-likeness (QED) is 0.449. The van der Waals surface area contributed by atoms with Crippen LogP contribution in [0.2, 0.25) is 0 Å². The highest BCUT2D eigenvalue weighted by molar-refractivity contribution is 5.67. The van der Waals surface area contributed by atoms with Gasteiger partial charge in [-0.05, 0) is 27.1 Å². The van der Waals surface area contributed by atoms with Gasteiger partial charge in [0.05, 0.1) is 11.0 Å². The second-order valence-electron chi connectivity index (χ2n) is 5.57. The molecule has 1 aromatic heterocycles. The Morgan fingerprint density at radius 1 is 1.17 bits per heavy atom. The Hall–Kier alpha value is -3.42. The highest BCUT2D eigenvalue weighted by Crippen LogP contribution is 2.35. The largest absolute Gasteiger partial charge is 0.427 e. The number of hydrogen-bond acceptors (Lipinski definition) is 5. The smallest absolute Gasteiger partial charge is 0.357 e. The van der Waals surface area contributed by atoms with E-state index >= 15 is 0 Å². The zero-order valence-corrected chi connectivity index (χ0v) is 12.5. The molecule has 2 aromatic carbocycles. The van der Waals surface area contributed by atoms with Gasteiger partial charge in [0.15, 0.2) is 0 Å². The molecule has 24 heavy (non-hydrogen) atoms. The molecule has 0 saturated carbocycles. The number of fused-ring (bicyclic) bond motifs is 1. The maximum Gasteiger partial charge on any atom is 0.427 e. The molecular formula is C16H13N4O4+. The van der Waals surface area contributed by atoms with Crippen molar-refractivity contribution in [3.8, 4) is 5.69 Å². The van der Waals surface area contributed by atoms with Crippen molar-refractivity contribution in [3.05, 3.63) is 80.3 Å². The maximum atomic E-state index is 11.5. The van der Waals surface area contributed by atoms with Crippen molar-refractivity contribution >= 4 is 11.4 Å². The van der Waals surface area contributed by atoms with E-state index in [1.54, 1.807) is 12.1 Å². The zero-order valence-electron chi connectivity index (χ0n) is 12.5. The van der Waals surface area contributed by atoms with Gasteiger partial charge in [-0.25, -0.2) is 4.79 Å². The number of aromatic nitrogens is 2. The van der Waals surface area contributed by atoms with E-state index in [-0.39, 0.29) is 5.69 Å². The summed E-state index contributed by atoms with van der Waals surface area (Å²) in [5.41, 5.74) is 2.76. The van der Waals surface area contributed by atoms with Crippen LogP contribution >= 0.6 is 0 Å². The maximum absolute atomic E-state index is 11.5. The van der Waals surface area contributed by atoms with Gasteiger partial charge in [-0.1, -0.05) is 24.3 Å². The van der Waals surface area contributed by atoms with E-state index in [4.69, 9.17) is 0 Å².